The Kier molecular flexibility index (Phi) is 4.30. The molecule has 3 saturated heterocycles. The average Bonchev–Trinajstić information content (AvgIpc) is 3.48. The molecular weight excluding hydrogens is 354 g/mol. The first-order chi connectivity index (χ1) is 13.5. The topological polar surface area (TPSA) is 57.0 Å². The minimum Gasteiger partial charge on any atom is -0.459 e. The Morgan fingerprint density at radius 2 is 1.79 bits per heavy atom. The number of likely N-dealkylation sites (tertiary alicyclic amines) is 3. The van der Waals surface area contributed by atoms with Crippen molar-refractivity contribution >= 4 is 11.8 Å². The summed E-state index contributed by atoms with van der Waals surface area (Å²) in [6.45, 7) is 5.35. The minimum atomic E-state index is -0.188. The number of nitrogens with zero attached hydrogens (tertiary/aromatic N) is 3. The third-order valence-electron chi connectivity index (χ3n) is 8.12. The Morgan fingerprint density at radius 1 is 1.04 bits per heavy atom. The third kappa shape index (κ3) is 2.64. The lowest BCUT2D eigenvalue weighted by molar-refractivity contribution is -0.142. The largest absolute Gasteiger partial charge is 0.459 e. The highest BCUT2D eigenvalue weighted by Gasteiger charge is 2.64. The van der Waals surface area contributed by atoms with Crippen LogP contribution < -0.4 is 0 Å². The van der Waals surface area contributed by atoms with E-state index in [1.807, 2.05) is 4.90 Å². The smallest absolute Gasteiger partial charge is 0.289 e. The summed E-state index contributed by atoms with van der Waals surface area (Å²) in [7, 11) is 2.17. The zero-order valence-electron chi connectivity index (χ0n) is 16.9. The molecule has 1 spiro atoms. The Hall–Kier alpha value is -1.82. The summed E-state index contributed by atoms with van der Waals surface area (Å²) in [5.41, 5.74) is 0.0202. The van der Waals surface area contributed by atoms with E-state index >= 15 is 0 Å². The van der Waals surface area contributed by atoms with E-state index in [9.17, 15) is 9.59 Å². The number of fused-ring (bicyclic) bond motifs is 2. The van der Waals surface area contributed by atoms with Crippen molar-refractivity contribution in [3.63, 3.8) is 0 Å². The molecule has 3 aliphatic heterocycles. The molecule has 6 heteroatoms. The summed E-state index contributed by atoms with van der Waals surface area (Å²) in [4.78, 5) is 32.7. The van der Waals surface area contributed by atoms with E-state index in [2.05, 4.69) is 16.8 Å². The van der Waals surface area contributed by atoms with Crippen LogP contribution in [0.3, 0.4) is 0 Å². The monoisotopic (exact) mass is 385 g/mol. The first-order valence-corrected chi connectivity index (χ1v) is 10.8. The second-order valence-electron chi connectivity index (χ2n) is 9.54. The molecule has 152 valence electrons. The second kappa shape index (κ2) is 6.61. The standard InChI is InChI=1S/C22H31N3O3/c1-23-15-18-21(6-7-22(18,16-23)20(27)25-10-2-3-11-25)8-12-24(13-9-21)19(26)17-5-4-14-28-17/h4-5,14,18H,2-3,6-13,15-16H2,1H3/t18-,22+/m1/s1. The van der Waals surface area contributed by atoms with Crippen LogP contribution in [0.2, 0.25) is 0 Å². The van der Waals surface area contributed by atoms with Crippen LogP contribution in [0.4, 0.5) is 0 Å². The van der Waals surface area contributed by atoms with E-state index in [1.165, 1.54) is 0 Å². The van der Waals surface area contributed by atoms with Crippen molar-refractivity contribution in [2.45, 2.75) is 38.5 Å². The number of hydrogen-bond acceptors (Lipinski definition) is 4. The number of furan rings is 1. The van der Waals surface area contributed by atoms with Crippen molar-refractivity contribution in [2.24, 2.45) is 16.7 Å². The SMILES string of the molecule is CN1C[C@@H]2C3(CCN(C(=O)c4ccco4)CC3)CC[C@]2(C(=O)N2CCCC2)C1. The second-order valence-corrected chi connectivity index (χ2v) is 9.54. The molecule has 4 aliphatic rings. The summed E-state index contributed by atoms with van der Waals surface area (Å²) in [5, 5.41) is 0. The van der Waals surface area contributed by atoms with Crippen molar-refractivity contribution in [1.29, 1.82) is 0 Å². The van der Waals surface area contributed by atoms with Crippen LogP contribution in [0.1, 0.15) is 49.1 Å². The Morgan fingerprint density at radius 3 is 2.46 bits per heavy atom. The molecule has 0 radical (unpaired) electrons. The van der Waals surface area contributed by atoms with Crippen molar-refractivity contribution < 1.29 is 14.0 Å². The molecule has 1 aromatic rings. The molecule has 6 nitrogen and oxygen atoms in total. The fraction of sp³-hybridized carbons (Fsp3) is 0.727. The fourth-order valence-electron chi connectivity index (χ4n) is 6.69. The van der Waals surface area contributed by atoms with Gasteiger partial charge in [0.2, 0.25) is 5.91 Å². The average molecular weight is 386 g/mol. The van der Waals surface area contributed by atoms with Crippen molar-refractivity contribution in [3.8, 4) is 0 Å². The van der Waals surface area contributed by atoms with Gasteiger partial charge in [-0.05, 0) is 69.0 Å². The molecule has 0 unspecified atom stereocenters. The fourth-order valence-corrected chi connectivity index (χ4v) is 6.69. The summed E-state index contributed by atoms with van der Waals surface area (Å²) in [5.74, 6) is 1.28. The lowest BCUT2D eigenvalue weighted by atomic mass is 9.65. The number of carbonyl (C=O) groups excluding carboxylic acids is 2. The molecule has 4 fully saturated rings. The molecular formula is C22H31N3O3. The van der Waals surface area contributed by atoms with Crippen LogP contribution >= 0.6 is 0 Å². The first kappa shape index (κ1) is 18.2. The molecule has 1 aliphatic carbocycles. The zero-order chi connectivity index (χ0) is 19.4. The van der Waals surface area contributed by atoms with E-state index in [4.69, 9.17) is 4.42 Å². The number of carbonyl (C=O) groups is 2. The highest BCUT2D eigenvalue weighted by molar-refractivity contribution is 5.91. The highest BCUT2D eigenvalue weighted by atomic mass is 16.3. The van der Waals surface area contributed by atoms with Crippen LogP contribution in [0.25, 0.3) is 0 Å². The van der Waals surface area contributed by atoms with Gasteiger partial charge >= 0.3 is 0 Å². The summed E-state index contributed by atoms with van der Waals surface area (Å²) >= 11 is 0. The quantitative estimate of drug-likeness (QED) is 0.785. The molecule has 1 saturated carbocycles. The summed E-state index contributed by atoms with van der Waals surface area (Å²) in [6, 6.07) is 3.51. The maximum Gasteiger partial charge on any atom is 0.289 e. The van der Waals surface area contributed by atoms with Crippen LogP contribution in [-0.2, 0) is 4.79 Å². The van der Waals surface area contributed by atoms with Gasteiger partial charge in [-0.25, -0.2) is 0 Å². The Balaban J connectivity index is 1.34. The predicted molar refractivity (Wildman–Crippen MR) is 105 cm³/mol. The molecule has 2 amide bonds. The van der Waals surface area contributed by atoms with Crippen molar-refractivity contribution in [3.05, 3.63) is 24.2 Å². The van der Waals surface area contributed by atoms with Gasteiger partial charge in [0.1, 0.15) is 0 Å². The molecule has 2 atom stereocenters. The number of hydrogen-bond donors (Lipinski definition) is 0. The molecule has 0 N–H and O–H groups in total. The van der Waals surface area contributed by atoms with E-state index < -0.39 is 0 Å². The molecule has 5 rings (SSSR count). The van der Waals surface area contributed by atoms with Crippen LogP contribution in [0, 0.1) is 16.7 Å². The van der Waals surface area contributed by atoms with Crippen molar-refractivity contribution in [1.82, 2.24) is 14.7 Å². The van der Waals surface area contributed by atoms with Gasteiger partial charge in [0.25, 0.3) is 5.91 Å². The first-order valence-electron chi connectivity index (χ1n) is 10.8. The van der Waals surface area contributed by atoms with Gasteiger partial charge in [-0.15, -0.1) is 0 Å². The van der Waals surface area contributed by atoms with Crippen LogP contribution in [0.15, 0.2) is 22.8 Å². The Labute approximate surface area is 166 Å². The Bertz CT molecular complexity index is 747. The lowest BCUT2D eigenvalue weighted by Gasteiger charge is -2.44. The third-order valence-corrected chi connectivity index (χ3v) is 8.12. The predicted octanol–water partition coefficient (Wildman–Crippen LogP) is 2.47. The molecule has 4 heterocycles. The lowest BCUT2D eigenvalue weighted by Crippen LogP contribution is -2.50. The van der Waals surface area contributed by atoms with Crippen molar-refractivity contribution in [2.75, 3.05) is 46.3 Å². The maximum absolute atomic E-state index is 13.6. The van der Waals surface area contributed by atoms with E-state index in [0.717, 1.165) is 77.8 Å². The van der Waals surface area contributed by atoms with Gasteiger partial charge < -0.3 is 19.1 Å². The molecule has 0 bridgehead atoms. The normalized spacial score (nSPS) is 32.2. The van der Waals surface area contributed by atoms with Gasteiger partial charge in [-0.1, -0.05) is 0 Å². The van der Waals surface area contributed by atoms with Gasteiger partial charge in [-0.2, -0.15) is 0 Å². The number of rotatable bonds is 2. The van der Waals surface area contributed by atoms with Crippen LogP contribution in [-0.4, -0.2) is 72.8 Å². The van der Waals surface area contributed by atoms with Crippen LogP contribution in [0.5, 0.6) is 0 Å². The summed E-state index contributed by atoms with van der Waals surface area (Å²) in [6.07, 6.45) is 8.02. The number of piperidine rings is 1. The van der Waals surface area contributed by atoms with Gasteiger partial charge in [0.15, 0.2) is 5.76 Å². The van der Waals surface area contributed by atoms with Gasteiger partial charge in [-0.3, -0.25) is 9.59 Å². The van der Waals surface area contributed by atoms with E-state index in [-0.39, 0.29) is 16.7 Å². The maximum atomic E-state index is 13.6. The van der Waals surface area contributed by atoms with E-state index in [0.29, 0.717) is 17.6 Å². The molecule has 28 heavy (non-hydrogen) atoms. The number of amides is 2. The van der Waals surface area contributed by atoms with Gasteiger partial charge in [0, 0.05) is 39.3 Å². The summed E-state index contributed by atoms with van der Waals surface area (Å²) < 4.78 is 5.31. The van der Waals surface area contributed by atoms with Gasteiger partial charge in [0.05, 0.1) is 11.7 Å². The van der Waals surface area contributed by atoms with E-state index in [1.54, 1.807) is 18.4 Å². The zero-order valence-corrected chi connectivity index (χ0v) is 16.9. The highest BCUT2D eigenvalue weighted by Crippen LogP contribution is 2.62. The molecule has 0 aromatic carbocycles. The molecule has 1 aromatic heterocycles. The minimum absolute atomic E-state index is 0.000735.